The molecule has 1 saturated heterocycles. The van der Waals surface area contributed by atoms with Gasteiger partial charge in [0.2, 0.25) is 5.91 Å². The van der Waals surface area contributed by atoms with Gasteiger partial charge in [-0.15, -0.1) is 0 Å². The smallest absolute Gasteiger partial charge is 0.339 e. The summed E-state index contributed by atoms with van der Waals surface area (Å²) in [6, 6.07) is 1.48. The first-order valence-electron chi connectivity index (χ1n) is 7.65. The number of carboxylic acid groups (broad SMARTS) is 1. The summed E-state index contributed by atoms with van der Waals surface area (Å²) in [4.78, 5) is 24.7. The van der Waals surface area contributed by atoms with E-state index in [2.05, 4.69) is 0 Å². The molecule has 22 heavy (non-hydrogen) atoms. The monoisotopic (exact) mass is 309 g/mol. The SMILES string of the molecule is Cc1oc(CN(C)C(=O)CC[C@H]2CCCCO2)cc1C(=O)O. The van der Waals surface area contributed by atoms with Gasteiger partial charge in [0.15, 0.2) is 0 Å². The minimum atomic E-state index is -1.02. The molecule has 1 aliphatic heterocycles. The number of hydrogen-bond donors (Lipinski definition) is 1. The number of carboxylic acids is 1. The maximum atomic E-state index is 12.1. The highest BCUT2D eigenvalue weighted by Gasteiger charge is 2.19. The first kappa shape index (κ1) is 16.5. The molecule has 1 aromatic heterocycles. The van der Waals surface area contributed by atoms with Crippen LogP contribution in [0.25, 0.3) is 0 Å². The van der Waals surface area contributed by atoms with Crippen LogP contribution < -0.4 is 0 Å². The van der Waals surface area contributed by atoms with Crippen molar-refractivity contribution in [1.82, 2.24) is 4.90 Å². The van der Waals surface area contributed by atoms with Crippen LogP contribution in [0.4, 0.5) is 0 Å². The fraction of sp³-hybridized carbons (Fsp3) is 0.625. The van der Waals surface area contributed by atoms with Crippen LogP contribution in [0, 0.1) is 6.92 Å². The van der Waals surface area contributed by atoms with E-state index in [0.29, 0.717) is 17.9 Å². The van der Waals surface area contributed by atoms with Crippen molar-refractivity contribution >= 4 is 11.9 Å². The van der Waals surface area contributed by atoms with Crippen molar-refractivity contribution in [1.29, 1.82) is 0 Å². The van der Waals surface area contributed by atoms with Crippen LogP contribution in [-0.4, -0.2) is 41.6 Å². The van der Waals surface area contributed by atoms with Gasteiger partial charge in [0.1, 0.15) is 17.1 Å². The maximum absolute atomic E-state index is 12.1. The highest BCUT2D eigenvalue weighted by atomic mass is 16.5. The Morgan fingerprint density at radius 2 is 2.18 bits per heavy atom. The fourth-order valence-electron chi connectivity index (χ4n) is 2.67. The van der Waals surface area contributed by atoms with Crippen molar-refractivity contribution in [3.8, 4) is 0 Å². The predicted octanol–water partition coefficient (Wildman–Crippen LogP) is 2.59. The summed E-state index contributed by atoms with van der Waals surface area (Å²) in [5.74, 6) is -0.158. The zero-order valence-corrected chi connectivity index (χ0v) is 13.1. The molecular formula is C16H23NO5. The molecular weight excluding hydrogens is 286 g/mol. The Bertz CT molecular complexity index is 531. The number of carbonyl (C=O) groups excluding carboxylic acids is 1. The molecule has 0 radical (unpaired) electrons. The number of aromatic carboxylic acids is 1. The van der Waals surface area contributed by atoms with Gasteiger partial charge in [-0.2, -0.15) is 0 Å². The number of rotatable bonds is 6. The lowest BCUT2D eigenvalue weighted by Crippen LogP contribution is -2.28. The van der Waals surface area contributed by atoms with Crippen LogP contribution in [0.3, 0.4) is 0 Å². The Morgan fingerprint density at radius 3 is 2.77 bits per heavy atom. The van der Waals surface area contributed by atoms with Crippen molar-refractivity contribution in [3.63, 3.8) is 0 Å². The highest BCUT2D eigenvalue weighted by Crippen LogP contribution is 2.19. The Balaban J connectivity index is 1.82. The molecule has 0 saturated carbocycles. The summed E-state index contributed by atoms with van der Waals surface area (Å²) >= 11 is 0. The van der Waals surface area contributed by atoms with Crippen LogP contribution in [0.1, 0.15) is 54.0 Å². The van der Waals surface area contributed by atoms with Gasteiger partial charge in [-0.05, 0) is 38.7 Å². The van der Waals surface area contributed by atoms with E-state index in [0.717, 1.165) is 25.9 Å². The van der Waals surface area contributed by atoms with Crippen LogP contribution in [-0.2, 0) is 16.1 Å². The molecule has 1 amide bonds. The van der Waals surface area contributed by atoms with Gasteiger partial charge >= 0.3 is 5.97 Å². The average Bonchev–Trinajstić information content (AvgIpc) is 2.86. The molecule has 6 heteroatoms. The third-order valence-corrected chi connectivity index (χ3v) is 3.97. The van der Waals surface area contributed by atoms with E-state index in [4.69, 9.17) is 14.3 Å². The van der Waals surface area contributed by atoms with Crippen molar-refractivity contribution in [3.05, 3.63) is 23.2 Å². The second-order valence-corrected chi connectivity index (χ2v) is 5.76. The molecule has 0 bridgehead atoms. The number of hydrogen-bond acceptors (Lipinski definition) is 4. The van der Waals surface area contributed by atoms with Crippen LogP contribution in [0.2, 0.25) is 0 Å². The summed E-state index contributed by atoms with van der Waals surface area (Å²) in [5, 5.41) is 9.00. The fourth-order valence-corrected chi connectivity index (χ4v) is 2.67. The Kier molecular flexibility index (Phi) is 5.60. The van der Waals surface area contributed by atoms with Crippen LogP contribution in [0.5, 0.6) is 0 Å². The van der Waals surface area contributed by atoms with Crippen molar-refractivity contribution in [2.24, 2.45) is 0 Å². The minimum Gasteiger partial charge on any atom is -0.478 e. The molecule has 6 nitrogen and oxygen atoms in total. The standard InChI is InChI=1S/C16H23NO5/c1-11-14(16(19)20)9-13(22-11)10-17(2)15(18)7-6-12-5-3-4-8-21-12/h9,12H,3-8,10H2,1-2H3,(H,19,20)/t12-/m1/s1. The lowest BCUT2D eigenvalue weighted by Gasteiger charge is -2.23. The third-order valence-electron chi connectivity index (χ3n) is 3.97. The third kappa shape index (κ3) is 4.34. The topological polar surface area (TPSA) is 80.0 Å². The lowest BCUT2D eigenvalue weighted by atomic mass is 10.0. The van der Waals surface area contributed by atoms with Gasteiger partial charge in [0, 0.05) is 20.1 Å². The van der Waals surface area contributed by atoms with E-state index >= 15 is 0 Å². The molecule has 2 rings (SSSR count). The van der Waals surface area contributed by atoms with E-state index in [-0.39, 0.29) is 24.1 Å². The molecule has 0 aliphatic carbocycles. The second-order valence-electron chi connectivity index (χ2n) is 5.76. The number of amides is 1. The molecule has 2 heterocycles. The van der Waals surface area contributed by atoms with E-state index in [9.17, 15) is 9.59 Å². The van der Waals surface area contributed by atoms with Gasteiger partial charge in [0.25, 0.3) is 0 Å². The van der Waals surface area contributed by atoms with Crippen molar-refractivity contribution in [2.75, 3.05) is 13.7 Å². The number of carbonyl (C=O) groups is 2. The van der Waals surface area contributed by atoms with E-state index in [1.807, 2.05) is 0 Å². The van der Waals surface area contributed by atoms with Crippen LogP contribution >= 0.6 is 0 Å². The molecule has 122 valence electrons. The summed E-state index contributed by atoms with van der Waals surface area (Å²) in [7, 11) is 1.70. The molecule has 1 N–H and O–H groups in total. The Hall–Kier alpha value is -1.82. The zero-order chi connectivity index (χ0) is 16.1. The van der Waals surface area contributed by atoms with E-state index < -0.39 is 5.97 Å². The highest BCUT2D eigenvalue weighted by molar-refractivity contribution is 5.88. The first-order valence-corrected chi connectivity index (χ1v) is 7.65. The molecule has 1 aliphatic rings. The Morgan fingerprint density at radius 1 is 1.41 bits per heavy atom. The minimum absolute atomic E-state index is 0.0140. The van der Waals surface area contributed by atoms with Gasteiger partial charge in [-0.25, -0.2) is 4.79 Å². The zero-order valence-electron chi connectivity index (χ0n) is 13.1. The van der Waals surface area contributed by atoms with Gasteiger partial charge in [0.05, 0.1) is 12.6 Å². The van der Waals surface area contributed by atoms with Crippen molar-refractivity contribution < 1.29 is 23.8 Å². The van der Waals surface area contributed by atoms with E-state index in [1.54, 1.807) is 18.9 Å². The summed E-state index contributed by atoms with van der Waals surface area (Å²) < 4.78 is 11.0. The second kappa shape index (κ2) is 7.45. The van der Waals surface area contributed by atoms with Crippen LogP contribution in [0.15, 0.2) is 10.5 Å². The number of aryl methyl sites for hydroxylation is 1. The van der Waals surface area contributed by atoms with E-state index in [1.165, 1.54) is 12.5 Å². The maximum Gasteiger partial charge on any atom is 0.339 e. The predicted molar refractivity (Wildman–Crippen MR) is 79.7 cm³/mol. The average molecular weight is 309 g/mol. The van der Waals surface area contributed by atoms with Crippen molar-refractivity contribution in [2.45, 2.75) is 51.7 Å². The molecule has 0 spiro atoms. The summed E-state index contributed by atoms with van der Waals surface area (Å²) in [6.07, 6.45) is 4.66. The summed E-state index contributed by atoms with van der Waals surface area (Å²) in [6.45, 7) is 2.67. The van der Waals surface area contributed by atoms with Gasteiger partial charge in [-0.1, -0.05) is 0 Å². The number of ether oxygens (including phenoxy) is 1. The normalized spacial score (nSPS) is 18.2. The summed E-state index contributed by atoms with van der Waals surface area (Å²) in [5.41, 5.74) is 0.145. The Labute approximate surface area is 130 Å². The first-order chi connectivity index (χ1) is 10.5. The molecule has 0 unspecified atom stereocenters. The molecule has 1 atom stereocenters. The van der Waals surface area contributed by atoms with Gasteiger partial charge < -0.3 is 19.2 Å². The largest absolute Gasteiger partial charge is 0.478 e. The number of nitrogens with zero attached hydrogens (tertiary/aromatic N) is 1. The molecule has 1 fully saturated rings. The van der Waals surface area contributed by atoms with Gasteiger partial charge in [-0.3, -0.25) is 4.79 Å². The number of furan rings is 1. The quantitative estimate of drug-likeness (QED) is 0.873. The molecule has 0 aromatic carbocycles. The lowest BCUT2D eigenvalue weighted by molar-refractivity contribution is -0.131. The molecule has 1 aromatic rings.